The third-order valence-corrected chi connectivity index (χ3v) is 5.56. The molecule has 0 atom stereocenters. The summed E-state index contributed by atoms with van der Waals surface area (Å²) < 4.78 is 4.18. The van der Waals surface area contributed by atoms with Crippen LogP contribution >= 0.6 is 0 Å². The molecule has 0 fully saturated rings. The molecule has 0 unspecified atom stereocenters. The number of hydrogen-bond acceptors (Lipinski definition) is 5. The Morgan fingerprint density at radius 1 is 1.06 bits per heavy atom. The molecule has 0 saturated heterocycles. The largest absolute Gasteiger partial charge is 0.350 e. The van der Waals surface area contributed by atoms with Crippen LogP contribution in [0.2, 0.25) is 0 Å². The average molecular weight is 437 g/mol. The lowest BCUT2D eigenvalue weighted by Crippen LogP contribution is -2.28. The topological polar surface area (TPSA) is 109 Å². The molecular formula is C24H19N7O2. The van der Waals surface area contributed by atoms with Gasteiger partial charge in [0.25, 0.3) is 0 Å². The van der Waals surface area contributed by atoms with Crippen LogP contribution in [0.4, 0.5) is 5.69 Å². The van der Waals surface area contributed by atoms with Gasteiger partial charge in [0.15, 0.2) is 5.65 Å². The van der Waals surface area contributed by atoms with Gasteiger partial charge in [0.1, 0.15) is 12.1 Å². The summed E-state index contributed by atoms with van der Waals surface area (Å²) in [4.78, 5) is 25.3. The third-order valence-electron chi connectivity index (χ3n) is 5.56. The molecule has 3 aromatic heterocycles. The lowest BCUT2D eigenvalue weighted by atomic mass is 10.0. The van der Waals surface area contributed by atoms with Crippen LogP contribution in [0.15, 0.2) is 65.7 Å². The lowest BCUT2D eigenvalue weighted by molar-refractivity contribution is -0.117. The van der Waals surface area contributed by atoms with Crippen molar-refractivity contribution in [3.63, 3.8) is 0 Å². The summed E-state index contributed by atoms with van der Waals surface area (Å²) in [6.45, 7) is 3.85. The van der Waals surface area contributed by atoms with Crippen LogP contribution in [-0.2, 0) is 11.3 Å². The maximum Gasteiger partial charge on any atom is 0.350 e. The Kier molecular flexibility index (Phi) is 4.75. The van der Waals surface area contributed by atoms with E-state index in [0.717, 1.165) is 15.9 Å². The van der Waals surface area contributed by atoms with Gasteiger partial charge in [-0.05, 0) is 55.3 Å². The molecule has 5 aromatic rings. The molecule has 162 valence electrons. The van der Waals surface area contributed by atoms with Crippen molar-refractivity contribution in [1.82, 2.24) is 23.8 Å². The second-order valence-electron chi connectivity index (χ2n) is 7.83. The van der Waals surface area contributed by atoms with Crippen LogP contribution in [0.3, 0.4) is 0 Å². The number of carbonyl (C=O) groups is 1. The Bertz CT molecular complexity index is 1650. The molecule has 3 heterocycles. The van der Waals surface area contributed by atoms with Crippen molar-refractivity contribution in [3.05, 3.63) is 88.1 Å². The molecular weight excluding hydrogens is 418 g/mol. The third kappa shape index (κ3) is 3.64. The quantitative estimate of drug-likeness (QED) is 0.465. The number of rotatable bonds is 4. The van der Waals surface area contributed by atoms with E-state index in [0.29, 0.717) is 22.4 Å². The molecule has 0 bridgehead atoms. The zero-order valence-corrected chi connectivity index (χ0v) is 18.0. The van der Waals surface area contributed by atoms with Crippen molar-refractivity contribution >= 4 is 22.8 Å². The number of nitriles is 1. The molecule has 1 N–H and O–H groups in total. The summed E-state index contributed by atoms with van der Waals surface area (Å²) in [5.74, 6) is -0.420. The van der Waals surface area contributed by atoms with Gasteiger partial charge in [-0.3, -0.25) is 4.79 Å². The van der Waals surface area contributed by atoms with Gasteiger partial charge in [-0.1, -0.05) is 18.2 Å². The molecule has 0 aliphatic rings. The first kappa shape index (κ1) is 20.2. The van der Waals surface area contributed by atoms with Crippen molar-refractivity contribution in [2.45, 2.75) is 20.4 Å². The SMILES string of the molecule is Cc1ccc(-c2cc3c4nn(CC(=O)Nc5cccc(C#N)c5)c(=O)n4ccn3n2)cc1C. The van der Waals surface area contributed by atoms with Crippen molar-refractivity contribution in [2.24, 2.45) is 0 Å². The maximum absolute atomic E-state index is 12.8. The Balaban J connectivity index is 1.48. The number of anilines is 1. The van der Waals surface area contributed by atoms with E-state index in [-0.39, 0.29) is 6.54 Å². The first-order valence-electron chi connectivity index (χ1n) is 10.3. The summed E-state index contributed by atoms with van der Waals surface area (Å²) in [5, 5.41) is 20.7. The first-order chi connectivity index (χ1) is 15.9. The Morgan fingerprint density at radius 2 is 1.91 bits per heavy atom. The standard InChI is InChI=1S/C24H19N7O2/c1-15-6-7-18(10-16(15)2)20-12-21-23-28-31(24(33)29(23)8-9-30(21)27-20)14-22(32)26-19-5-3-4-17(11-19)13-25/h3-12H,14H2,1-2H3,(H,26,32). The number of amides is 1. The average Bonchev–Trinajstić information content (AvgIpc) is 3.37. The van der Waals surface area contributed by atoms with E-state index in [4.69, 9.17) is 5.26 Å². The van der Waals surface area contributed by atoms with Gasteiger partial charge in [-0.25, -0.2) is 18.4 Å². The molecule has 33 heavy (non-hydrogen) atoms. The fourth-order valence-electron chi connectivity index (χ4n) is 3.68. The van der Waals surface area contributed by atoms with Gasteiger partial charge in [0.2, 0.25) is 5.91 Å². The van der Waals surface area contributed by atoms with Crippen LogP contribution in [0, 0.1) is 25.2 Å². The highest BCUT2D eigenvalue weighted by Gasteiger charge is 2.15. The number of aromatic nitrogens is 5. The number of carbonyl (C=O) groups excluding carboxylic acids is 1. The first-order valence-corrected chi connectivity index (χ1v) is 10.3. The molecule has 2 aromatic carbocycles. The molecule has 0 spiro atoms. The van der Waals surface area contributed by atoms with Crippen LogP contribution in [0.25, 0.3) is 22.4 Å². The molecule has 0 saturated carbocycles. The second kappa shape index (κ2) is 7.76. The zero-order valence-electron chi connectivity index (χ0n) is 18.0. The minimum Gasteiger partial charge on any atom is -0.324 e. The summed E-state index contributed by atoms with van der Waals surface area (Å²) in [5.41, 5.74) is 5.65. The fraction of sp³-hybridized carbons (Fsp3) is 0.125. The van der Waals surface area contributed by atoms with Gasteiger partial charge < -0.3 is 5.32 Å². The number of aryl methyl sites for hydroxylation is 2. The highest BCUT2D eigenvalue weighted by atomic mass is 16.2. The predicted molar refractivity (Wildman–Crippen MR) is 123 cm³/mol. The minimum absolute atomic E-state index is 0.262. The van der Waals surface area contributed by atoms with Crippen LogP contribution in [0.5, 0.6) is 0 Å². The number of hydrogen-bond donors (Lipinski definition) is 1. The van der Waals surface area contributed by atoms with Crippen LogP contribution in [-0.4, -0.2) is 29.7 Å². The van der Waals surface area contributed by atoms with Crippen molar-refractivity contribution < 1.29 is 4.79 Å². The van der Waals surface area contributed by atoms with Crippen molar-refractivity contribution in [2.75, 3.05) is 5.32 Å². The summed E-state index contributed by atoms with van der Waals surface area (Å²) in [6, 6.07) is 16.6. The Labute approximate surface area is 188 Å². The van der Waals surface area contributed by atoms with E-state index in [2.05, 4.69) is 41.5 Å². The maximum atomic E-state index is 12.8. The minimum atomic E-state index is -0.428. The van der Waals surface area contributed by atoms with Gasteiger partial charge in [-0.15, -0.1) is 5.10 Å². The normalized spacial score (nSPS) is 11.1. The molecule has 9 heteroatoms. The van der Waals surface area contributed by atoms with E-state index in [1.807, 2.05) is 18.2 Å². The van der Waals surface area contributed by atoms with Gasteiger partial charge >= 0.3 is 5.69 Å². The van der Waals surface area contributed by atoms with Gasteiger partial charge in [-0.2, -0.15) is 10.4 Å². The van der Waals surface area contributed by atoms with E-state index in [1.165, 1.54) is 15.5 Å². The van der Waals surface area contributed by atoms with Gasteiger partial charge in [0, 0.05) is 23.6 Å². The number of fused-ring (bicyclic) bond motifs is 3. The number of nitrogens with zero attached hydrogens (tertiary/aromatic N) is 6. The van der Waals surface area contributed by atoms with Gasteiger partial charge in [0.05, 0.1) is 17.3 Å². The molecule has 5 rings (SSSR count). The van der Waals surface area contributed by atoms with E-state index in [9.17, 15) is 9.59 Å². The highest BCUT2D eigenvalue weighted by Crippen LogP contribution is 2.23. The Hall–Kier alpha value is -4.71. The van der Waals surface area contributed by atoms with Crippen LogP contribution in [0.1, 0.15) is 16.7 Å². The monoisotopic (exact) mass is 437 g/mol. The molecule has 0 aliphatic heterocycles. The number of nitrogens with one attached hydrogen (secondary N) is 1. The smallest absolute Gasteiger partial charge is 0.324 e. The lowest BCUT2D eigenvalue weighted by Gasteiger charge is -2.04. The van der Waals surface area contributed by atoms with Crippen LogP contribution < -0.4 is 11.0 Å². The zero-order chi connectivity index (χ0) is 23.1. The molecule has 9 nitrogen and oxygen atoms in total. The summed E-state index contributed by atoms with van der Waals surface area (Å²) in [6.07, 6.45) is 3.27. The highest BCUT2D eigenvalue weighted by molar-refractivity contribution is 5.90. The predicted octanol–water partition coefficient (Wildman–Crippen LogP) is 2.94. The molecule has 0 radical (unpaired) electrons. The van der Waals surface area contributed by atoms with E-state index < -0.39 is 11.6 Å². The van der Waals surface area contributed by atoms with E-state index in [1.54, 1.807) is 41.2 Å². The second-order valence-corrected chi connectivity index (χ2v) is 7.83. The molecule has 1 amide bonds. The summed E-state index contributed by atoms with van der Waals surface area (Å²) in [7, 11) is 0. The number of benzene rings is 2. The Morgan fingerprint density at radius 3 is 2.70 bits per heavy atom. The summed E-state index contributed by atoms with van der Waals surface area (Å²) >= 11 is 0. The van der Waals surface area contributed by atoms with Crippen molar-refractivity contribution in [3.8, 4) is 17.3 Å². The fourth-order valence-corrected chi connectivity index (χ4v) is 3.68. The van der Waals surface area contributed by atoms with Crippen molar-refractivity contribution in [1.29, 1.82) is 5.26 Å². The van der Waals surface area contributed by atoms with E-state index >= 15 is 0 Å². The molecule has 0 aliphatic carbocycles.